The van der Waals surface area contributed by atoms with Crippen LogP contribution in [0.15, 0.2) is 0 Å². The zero-order valence-corrected chi connectivity index (χ0v) is 8.21. The van der Waals surface area contributed by atoms with Gasteiger partial charge in [-0.2, -0.15) is 5.01 Å². The summed E-state index contributed by atoms with van der Waals surface area (Å²) in [7, 11) is -4.89. The summed E-state index contributed by atoms with van der Waals surface area (Å²) in [6.07, 6.45) is 0. The van der Waals surface area contributed by atoms with Crippen LogP contribution in [0.2, 0.25) is 0 Å². The Morgan fingerprint density at radius 3 is 1.08 bits per heavy atom. The van der Waals surface area contributed by atoms with Crippen molar-refractivity contribution < 1.29 is 29.9 Å². The molecule has 0 fully saturated rings. The number of hydrogen-bond donors (Lipinski definition) is 0. The third-order valence-corrected chi connectivity index (χ3v) is 0.683. The van der Waals surface area contributed by atoms with Gasteiger partial charge in [0.05, 0.1) is 14.1 Å². The average Bonchev–Trinajstić information content (AvgIpc) is 1.54. The molecule has 0 spiro atoms. The average molecular weight is 232 g/mol. The second-order valence-corrected chi connectivity index (χ2v) is 4.38. The van der Waals surface area contributed by atoms with Crippen LogP contribution in [0.5, 0.6) is 0 Å². The maximum atomic E-state index is 9.87. The van der Waals surface area contributed by atoms with E-state index < -0.39 is 7.81 Å². The van der Waals surface area contributed by atoms with E-state index in [2.05, 4.69) is 6.72 Å². The Morgan fingerprint density at radius 1 is 1.00 bits per heavy atom. The van der Waals surface area contributed by atoms with Gasteiger partial charge in [-0.3, -0.25) is 0 Å². The fourth-order valence-electron chi connectivity index (χ4n) is 0. The predicted molar refractivity (Wildman–Crippen MR) is 40.6 cm³/mol. The van der Waals surface area contributed by atoms with Crippen LogP contribution in [0.1, 0.15) is 0 Å². The summed E-state index contributed by atoms with van der Waals surface area (Å²) in [6.45, 7) is 3.60. The van der Waals surface area contributed by atoms with E-state index in [4.69, 9.17) is 0 Å². The molecule has 9 heteroatoms. The molecular formula is C4H11F6N2P. The van der Waals surface area contributed by atoms with Crippen molar-refractivity contribution in [1.82, 2.24) is 5.01 Å². The van der Waals surface area contributed by atoms with E-state index in [9.17, 15) is 25.2 Å². The second-order valence-electron chi connectivity index (χ2n) is 2.46. The molecule has 13 heavy (non-hydrogen) atoms. The van der Waals surface area contributed by atoms with E-state index in [0.29, 0.717) is 0 Å². The molecule has 0 amide bonds. The SMILES string of the molecule is C=[N+](C)N(C)C.F[P-](F)(F)(F)(F)F. The molecule has 0 aliphatic carbocycles. The van der Waals surface area contributed by atoms with Gasteiger partial charge < -0.3 is 0 Å². The Morgan fingerprint density at radius 2 is 1.08 bits per heavy atom. The van der Waals surface area contributed by atoms with Crippen LogP contribution in [0, 0.1) is 0 Å². The molecule has 0 aromatic carbocycles. The van der Waals surface area contributed by atoms with Crippen LogP contribution in [-0.4, -0.2) is 37.6 Å². The number of hydrogen-bond acceptors (Lipinski definition) is 1. The fourth-order valence-corrected chi connectivity index (χ4v) is 0. The van der Waals surface area contributed by atoms with Gasteiger partial charge in [-0.25, -0.2) is 0 Å². The summed E-state index contributed by atoms with van der Waals surface area (Å²) in [5.74, 6) is 0. The van der Waals surface area contributed by atoms with Crippen molar-refractivity contribution in [1.29, 1.82) is 0 Å². The molecule has 0 aromatic heterocycles. The van der Waals surface area contributed by atoms with Gasteiger partial charge in [-0.1, -0.05) is 0 Å². The predicted octanol–water partition coefficient (Wildman–Crippen LogP) is 3.19. The number of hydrazone groups is 1. The van der Waals surface area contributed by atoms with E-state index >= 15 is 0 Å². The van der Waals surface area contributed by atoms with E-state index in [-0.39, 0.29) is 0 Å². The molecule has 0 bridgehead atoms. The molecule has 0 aromatic rings. The van der Waals surface area contributed by atoms with E-state index in [1.165, 1.54) is 0 Å². The Bertz CT molecular complexity index is 178. The summed E-state index contributed by atoms with van der Waals surface area (Å²) in [5, 5.41) is 1.89. The van der Waals surface area contributed by atoms with Gasteiger partial charge >= 0.3 is 33.0 Å². The molecule has 0 saturated carbocycles. The fraction of sp³-hybridized carbons (Fsp3) is 0.750. The van der Waals surface area contributed by atoms with Crippen LogP contribution in [-0.2, 0) is 0 Å². The molecule has 0 aliphatic heterocycles. The molecule has 0 heterocycles. The number of rotatable bonds is 1. The Kier molecular flexibility index (Phi) is 3.46. The van der Waals surface area contributed by atoms with Crippen LogP contribution in [0.3, 0.4) is 0 Å². The molecule has 0 radical (unpaired) electrons. The van der Waals surface area contributed by atoms with Crippen molar-refractivity contribution in [3.8, 4) is 0 Å². The first kappa shape index (κ1) is 15.0. The zero-order chi connectivity index (χ0) is 11.6. The Labute approximate surface area is 71.7 Å². The second kappa shape index (κ2) is 3.01. The first-order chi connectivity index (χ1) is 5.09. The van der Waals surface area contributed by atoms with Crippen LogP contribution in [0.25, 0.3) is 0 Å². The summed E-state index contributed by atoms with van der Waals surface area (Å²) in [6, 6.07) is 0. The summed E-state index contributed by atoms with van der Waals surface area (Å²) >= 11 is 0. The Balaban J connectivity index is 0. The van der Waals surface area contributed by atoms with Crippen molar-refractivity contribution in [2.24, 2.45) is 0 Å². The van der Waals surface area contributed by atoms with E-state index in [1.807, 2.05) is 26.2 Å². The minimum atomic E-state index is -10.7. The van der Waals surface area contributed by atoms with Gasteiger partial charge in [0.2, 0.25) is 0 Å². The van der Waals surface area contributed by atoms with Crippen LogP contribution >= 0.6 is 7.81 Å². The van der Waals surface area contributed by atoms with Gasteiger partial charge in [-0.15, -0.1) is 4.68 Å². The molecule has 0 aliphatic rings. The molecule has 0 saturated heterocycles. The zero-order valence-electron chi connectivity index (χ0n) is 7.32. The number of halogens is 6. The van der Waals surface area contributed by atoms with Crippen molar-refractivity contribution in [2.45, 2.75) is 0 Å². The van der Waals surface area contributed by atoms with Gasteiger partial charge in [0.1, 0.15) is 0 Å². The van der Waals surface area contributed by atoms with Crippen molar-refractivity contribution in [2.75, 3.05) is 21.1 Å². The quantitative estimate of drug-likeness (QED) is 0.221. The Hall–Kier alpha value is -0.520. The molecule has 0 unspecified atom stereocenters. The van der Waals surface area contributed by atoms with Gasteiger partial charge in [0, 0.05) is 0 Å². The number of hydrazine groups is 1. The number of nitrogens with zero attached hydrogens (tertiary/aromatic N) is 2. The van der Waals surface area contributed by atoms with E-state index in [0.717, 1.165) is 0 Å². The monoisotopic (exact) mass is 232 g/mol. The molecular weight excluding hydrogens is 221 g/mol. The third kappa shape index (κ3) is 85.2. The maximum absolute atomic E-state index is 10.7. The first-order valence-electron chi connectivity index (χ1n) is 2.87. The molecule has 0 atom stereocenters. The topological polar surface area (TPSA) is 6.25 Å². The van der Waals surface area contributed by atoms with Gasteiger partial charge in [0.25, 0.3) is 0 Å². The molecule has 84 valence electrons. The van der Waals surface area contributed by atoms with Crippen LogP contribution in [0.4, 0.5) is 25.2 Å². The third-order valence-electron chi connectivity index (χ3n) is 0.683. The normalized spacial score (nSPS) is 16.1. The van der Waals surface area contributed by atoms with Crippen molar-refractivity contribution in [3.63, 3.8) is 0 Å². The minimum absolute atomic E-state index is 1.75. The first-order valence-corrected chi connectivity index (χ1v) is 4.90. The summed E-state index contributed by atoms with van der Waals surface area (Å²) in [4.78, 5) is 0. The molecule has 2 nitrogen and oxygen atoms in total. The van der Waals surface area contributed by atoms with Crippen LogP contribution < -0.4 is 0 Å². The standard InChI is InChI=1S/C4H11N2.F6P/c1-5(2)6(3)4;1-7(2,3,4,5)6/h1H2,2-4H3;/q+1;-1. The molecule has 0 rings (SSSR count). The summed E-state index contributed by atoms with van der Waals surface area (Å²) < 4.78 is 60.9. The van der Waals surface area contributed by atoms with Gasteiger partial charge in [0.15, 0.2) is 13.8 Å². The van der Waals surface area contributed by atoms with Gasteiger partial charge in [-0.05, 0) is 0 Å². The van der Waals surface area contributed by atoms with Crippen molar-refractivity contribution >= 4 is 14.5 Å². The van der Waals surface area contributed by atoms with Crippen molar-refractivity contribution in [3.05, 3.63) is 0 Å². The summed E-state index contributed by atoms with van der Waals surface area (Å²) in [5.41, 5.74) is 0. The van der Waals surface area contributed by atoms with E-state index in [1.54, 1.807) is 4.68 Å². The molecule has 0 N–H and O–H groups in total.